The molecule has 6 atom stereocenters. The van der Waals surface area contributed by atoms with Crippen molar-refractivity contribution in [1.29, 1.82) is 0 Å². The molecule has 15 nitrogen and oxygen atoms in total. The van der Waals surface area contributed by atoms with E-state index in [0.29, 0.717) is 0 Å². The van der Waals surface area contributed by atoms with E-state index in [1.54, 1.807) is 0 Å². The van der Waals surface area contributed by atoms with Gasteiger partial charge in [-0.15, -0.1) is 0 Å². The van der Waals surface area contributed by atoms with Crippen molar-refractivity contribution < 1.29 is 106 Å². The number of nitrogens with two attached hydrogens (primary N) is 1. The van der Waals surface area contributed by atoms with Crippen molar-refractivity contribution in [2.45, 2.75) is 38.4 Å². The van der Waals surface area contributed by atoms with Crippen molar-refractivity contribution in [3.8, 4) is 0 Å². The first-order valence-corrected chi connectivity index (χ1v) is 12.0. The van der Waals surface area contributed by atoms with Gasteiger partial charge in [-0.2, -0.15) is 0 Å². The summed E-state index contributed by atoms with van der Waals surface area (Å²) in [7, 11) is -9.53. The van der Waals surface area contributed by atoms with Gasteiger partial charge in [0.1, 0.15) is 30.2 Å². The minimum absolute atomic E-state index is 0. The van der Waals surface area contributed by atoms with Gasteiger partial charge in [0.2, 0.25) is 0 Å². The molecule has 19 heteroatoms. The number of aromatic nitrogens is 4. The Morgan fingerprint density at radius 2 is 1.76 bits per heavy atom. The zero-order chi connectivity index (χ0) is 22.8. The Hall–Kier alpha value is 0.490. The van der Waals surface area contributed by atoms with Gasteiger partial charge in [-0.25, -0.2) is 15.0 Å². The number of anilines is 1. The zero-order valence-electron chi connectivity index (χ0n) is 18.5. The van der Waals surface area contributed by atoms with Crippen molar-refractivity contribution >= 4 is 32.6 Å². The summed E-state index contributed by atoms with van der Waals surface area (Å²) in [5, 5.41) is 10.8. The molecule has 2 aromatic heterocycles. The summed E-state index contributed by atoms with van der Waals surface area (Å²) in [6.45, 7) is 1.79. The standard InChI is InChI=1S/C14H23N5O10P2.2Na/c1-3-25-30(21,22)27-5-8-11(29-31(23,24)26-4-2)10(20)14(28-8)19-7-18-9-12(15)16-6-17-13(9)19;;/h6-8,10-11,14,20H,3-5H2,1-2H3,(H,21,22)(H,23,24)(H2,15,16,17);;/q;2*+1/p-2/t8-,10-,11-,14-;;/m1../s1. The first kappa shape index (κ1) is 31.5. The number of phosphoric acid groups is 2. The maximum absolute atomic E-state index is 12.0. The van der Waals surface area contributed by atoms with Crippen LogP contribution in [0.15, 0.2) is 12.7 Å². The predicted molar refractivity (Wildman–Crippen MR) is 98.9 cm³/mol. The third-order valence-corrected chi connectivity index (χ3v) is 6.31. The number of nitrogens with zero attached hydrogens (tertiary/aromatic N) is 4. The molecule has 0 aromatic carbocycles. The van der Waals surface area contributed by atoms with Gasteiger partial charge in [-0.1, -0.05) is 0 Å². The van der Waals surface area contributed by atoms with Crippen LogP contribution in [0.3, 0.4) is 0 Å². The van der Waals surface area contributed by atoms with Crippen molar-refractivity contribution in [2.24, 2.45) is 0 Å². The van der Waals surface area contributed by atoms with Crippen LogP contribution in [0.4, 0.5) is 5.82 Å². The molecule has 33 heavy (non-hydrogen) atoms. The van der Waals surface area contributed by atoms with E-state index in [-0.39, 0.29) is 89.3 Å². The van der Waals surface area contributed by atoms with Crippen LogP contribution >= 0.6 is 15.6 Å². The minimum Gasteiger partial charge on any atom is -0.756 e. The Morgan fingerprint density at radius 1 is 1.12 bits per heavy atom. The Kier molecular flexibility index (Phi) is 12.6. The van der Waals surface area contributed by atoms with Crippen molar-refractivity contribution in [2.75, 3.05) is 25.6 Å². The number of rotatable bonds is 10. The fraction of sp³-hybridized carbons (Fsp3) is 0.643. The molecule has 1 fully saturated rings. The average molecular weight is 527 g/mol. The summed E-state index contributed by atoms with van der Waals surface area (Å²) in [6.07, 6.45) is -3.37. The van der Waals surface area contributed by atoms with Crippen LogP contribution in [0, 0.1) is 0 Å². The molecule has 0 bridgehead atoms. The van der Waals surface area contributed by atoms with Gasteiger partial charge in [0.05, 0.1) is 26.1 Å². The van der Waals surface area contributed by atoms with Crippen LogP contribution in [-0.4, -0.2) is 62.8 Å². The van der Waals surface area contributed by atoms with Crippen molar-refractivity contribution in [3.05, 3.63) is 12.7 Å². The van der Waals surface area contributed by atoms with Crippen LogP contribution in [0.25, 0.3) is 11.2 Å². The molecule has 0 radical (unpaired) electrons. The molecule has 3 heterocycles. The third-order valence-electron chi connectivity index (χ3n) is 4.19. The van der Waals surface area contributed by atoms with Gasteiger partial charge in [0.15, 0.2) is 17.7 Å². The van der Waals surface area contributed by atoms with Gasteiger partial charge in [0, 0.05) is 0 Å². The normalized spacial score (nSPS) is 26.2. The summed E-state index contributed by atoms with van der Waals surface area (Å²) in [5.74, 6) is 0.0772. The molecule has 1 aliphatic rings. The first-order valence-electron chi connectivity index (χ1n) is 9.09. The van der Waals surface area contributed by atoms with Gasteiger partial charge < -0.3 is 43.5 Å². The second-order valence-corrected chi connectivity index (χ2v) is 9.01. The van der Waals surface area contributed by atoms with E-state index in [4.69, 9.17) is 19.5 Å². The molecule has 0 saturated carbocycles. The fourth-order valence-corrected chi connectivity index (χ4v) is 4.62. The maximum Gasteiger partial charge on any atom is 1.00 e. The fourth-order valence-electron chi connectivity index (χ4n) is 2.97. The number of fused-ring (bicyclic) bond motifs is 1. The molecule has 1 saturated heterocycles. The average Bonchev–Trinajstić information content (AvgIpc) is 3.23. The van der Waals surface area contributed by atoms with E-state index >= 15 is 0 Å². The largest absolute Gasteiger partial charge is 1.00 e. The van der Waals surface area contributed by atoms with Gasteiger partial charge in [-0.3, -0.25) is 13.7 Å². The van der Waals surface area contributed by atoms with E-state index < -0.39 is 46.8 Å². The molecular weight excluding hydrogens is 506 g/mol. The molecule has 1 aliphatic heterocycles. The molecule has 0 spiro atoms. The monoisotopic (exact) mass is 527 g/mol. The van der Waals surface area contributed by atoms with Gasteiger partial charge >= 0.3 is 59.1 Å². The topological polar surface area (TPSA) is 216 Å². The minimum atomic E-state index is -4.85. The van der Waals surface area contributed by atoms with E-state index in [2.05, 4.69) is 24.0 Å². The smallest absolute Gasteiger partial charge is 0.756 e. The molecule has 2 aromatic rings. The molecular formula is C14H21N5Na2O10P2. The summed E-state index contributed by atoms with van der Waals surface area (Å²) in [5.41, 5.74) is 6.16. The quantitative estimate of drug-likeness (QED) is 0.217. The molecule has 2 unspecified atom stereocenters. The van der Waals surface area contributed by atoms with Crippen molar-refractivity contribution in [3.63, 3.8) is 0 Å². The number of imidazole rings is 1. The number of hydrogen-bond acceptors (Lipinski definition) is 14. The number of hydrogen-bond donors (Lipinski definition) is 2. The van der Waals surface area contributed by atoms with Crippen LogP contribution in [0.5, 0.6) is 0 Å². The molecule has 0 amide bonds. The van der Waals surface area contributed by atoms with E-state index in [0.717, 1.165) is 0 Å². The number of nitrogen functional groups attached to an aromatic ring is 1. The van der Waals surface area contributed by atoms with Crippen LogP contribution in [-0.2, 0) is 32.0 Å². The Balaban J connectivity index is 0.00000272. The number of aliphatic hydroxyl groups excluding tert-OH is 1. The molecule has 3 rings (SSSR count). The van der Waals surface area contributed by atoms with Crippen LogP contribution in [0.2, 0.25) is 0 Å². The summed E-state index contributed by atoms with van der Waals surface area (Å²) < 4.78 is 49.4. The summed E-state index contributed by atoms with van der Waals surface area (Å²) >= 11 is 0. The molecule has 3 N–H and O–H groups in total. The van der Waals surface area contributed by atoms with E-state index in [1.807, 2.05) is 0 Å². The summed E-state index contributed by atoms with van der Waals surface area (Å²) in [4.78, 5) is 35.6. The second kappa shape index (κ2) is 13.2. The SMILES string of the molecule is CCOP(=O)([O-])OC[C@H]1O[C@@H](n2cnc3c(N)ncnc32)[C@H](O)[C@@H]1OP(=O)([O-])OCC.[Na+].[Na+]. The van der Waals surface area contributed by atoms with Crippen molar-refractivity contribution in [1.82, 2.24) is 19.5 Å². The van der Waals surface area contributed by atoms with Crippen LogP contribution in [0.1, 0.15) is 20.1 Å². The Morgan fingerprint density at radius 3 is 2.39 bits per heavy atom. The second-order valence-electron chi connectivity index (χ2n) is 6.23. The first-order chi connectivity index (χ1) is 14.6. The molecule has 174 valence electrons. The number of phosphoric ester groups is 2. The summed E-state index contributed by atoms with van der Waals surface area (Å²) in [6, 6.07) is 0. The number of aliphatic hydroxyl groups is 1. The Labute approximate surface area is 233 Å². The van der Waals surface area contributed by atoms with Gasteiger partial charge in [0.25, 0.3) is 15.6 Å². The van der Waals surface area contributed by atoms with Gasteiger partial charge in [-0.05, 0) is 13.8 Å². The van der Waals surface area contributed by atoms with Crippen LogP contribution < -0.4 is 74.6 Å². The Bertz CT molecular complexity index is 1020. The van der Waals surface area contributed by atoms with E-state index in [9.17, 15) is 24.0 Å². The zero-order valence-corrected chi connectivity index (χ0v) is 24.3. The maximum atomic E-state index is 12.0. The number of ether oxygens (including phenoxy) is 1. The van der Waals surface area contributed by atoms with E-state index in [1.165, 1.54) is 31.1 Å². The molecule has 0 aliphatic carbocycles. The predicted octanol–water partition coefficient (Wildman–Crippen LogP) is -6.91. The third kappa shape index (κ3) is 7.73.